The maximum absolute atomic E-state index is 12.4. The van der Waals surface area contributed by atoms with E-state index >= 15 is 0 Å². The van der Waals surface area contributed by atoms with Gasteiger partial charge in [0.1, 0.15) is 5.75 Å². The highest BCUT2D eigenvalue weighted by molar-refractivity contribution is 6.31. The van der Waals surface area contributed by atoms with Crippen LogP contribution >= 0.6 is 11.6 Å². The molecule has 1 N–H and O–H groups in total. The third kappa shape index (κ3) is 2.87. The van der Waals surface area contributed by atoms with Crippen LogP contribution in [-0.4, -0.2) is 18.0 Å². The molecule has 5 heteroatoms. The summed E-state index contributed by atoms with van der Waals surface area (Å²) in [7, 11) is 1.58. The lowest BCUT2D eigenvalue weighted by Crippen LogP contribution is -2.12. The van der Waals surface area contributed by atoms with E-state index in [0.717, 1.165) is 5.39 Å². The number of benzene rings is 2. The van der Waals surface area contributed by atoms with Crippen LogP contribution in [0.15, 0.2) is 54.7 Å². The molecule has 0 aliphatic heterocycles. The molecule has 3 rings (SSSR count). The Morgan fingerprint density at radius 3 is 2.82 bits per heavy atom. The molecule has 0 aliphatic rings. The summed E-state index contributed by atoms with van der Waals surface area (Å²) >= 11 is 5.92. The van der Waals surface area contributed by atoms with Crippen molar-refractivity contribution in [2.75, 3.05) is 12.4 Å². The Morgan fingerprint density at radius 1 is 1.18 bits per heavy atom. The molecule has 22 heavy (non-hydrogen) atoms. The summed E-state index contributed by atoms with van der Waals surface area (Å²) < 4.78 is 5.27. The minimum atomic E-state index is -0.247. The topological polar surface area (TPSA) is 51.2 Å². The predicted molar refractivity (Wildman–Crippen MR) is 87.7 cm³/mol. The number of ether oxygens (including phenoxy) is 1. The molecule has 3 aromatic rings. The number of rotatable bonds is 3. The van der Waals surface area contributed by atoms with Crippen LogP contribution in [0.4, 0.5) is 5.69 Å². The molecule has 0 bridgehead atoms. The van der Waals surface area contributed by atoms with Crippen LogP contribution in [0.5, 0.6) is 5.75 Å². The number of methoxy groups -OCH3 is 1. The van der Waals surface area contributed by atoms with Gasteiger partial charge in [-0.2, -0.15) is 0 Å². The van der Waals surface area contributed by atoms with Gasteiger partial charge in [0.25, 0.3) is 5.91 Å². The van der Waals surface area contributed by atoms with Gasteiger partial charge in [-0.25, -0.2) is 0 Å². The van der Waals surface area contributed by atoms with Crippen molar-refractivity contribution in [3.8, 4) is 5.75 Å². The largest absolute Gasteiger partial charge is 0.497 e. The van der Waals surface area contributed by atoms with Crippen molar-refractivity contribution in [1.82, 2.24) is 4.98 Å². The number of carbonyl (C=O) groups excluding carboxylic acids is 1. The summed E-state index contributed by atoms with van der Waals surface area (Å²) in [6.45, 7) is 0. The van der Waals surface area contributed by atoms with Crippen molar-refractivity contribution in [3.05, 3.63) is 65.3 Å². The van der Waals surface area contributed by atoms with E-state index in [9.17, 15) is 4.79 Å². The van der Waals surface area contributed by atoms with Crippen LogP contribution in [0.25, 0.3) is 10.9 Å². The van der Waals surface area contributed by atoms with Crippen molar-refractivity contribution < 1.29 is 9.53 Å². The van der Waals surface area contributed by atoms with Gasteiger partial charge in [0.2, 0.25) is 0 Å². The van der Waals surface area contributed by atoms with Gasteiger partial charge < -0.3 is 10.1 Å². The summed E-state index contributed by atoms with van der Waals surface area (Å²) in [5, 5.41) is 4.27. The second-order valence-corrected chi connectivity index (χ2v) is 5.15. The zero-order chi connectivity index (χ0) is 15.5. The number of nitrogens with zero attached hydrogens (tertiary/aromatic N) is 1. The highest BCUT2D eigenvalue weighted by atomic mass is 35.5. The Kier molecular flexibility index (Phi) is 3.94. The first-order valence-corrected chi connectivity index (χ1v) is 7.05. The lowest BCUT2D eigenvalue weighted by atomic mass is 10.1. The summed E-state index contributed by atoms with van der Waals surface area (Å²) in [6, 6.07) is 14.2. The quantitative estimate of drug-likeness (QED) is 0.790. The van der Waals surface area contributed by atoms with E-state index < -0.39 is 0 Å². The second kappa shape index (κ2) is 6.03. The zero-order valence-electron chi connectivity index (χ0n) is 11.8. The van der Waals surface area contributed by atoms with Gasteiger partial charge in [-0.05, 0) is 30.3 Å². The first kappa shape index (κ1) is 14.4. The van der Waals surface area contributed by atoms with E-state index in [0.29, 0.717) is 27.5 Å². The molecule has 0 atom stereocenters. The fraction of sp³-hybridized carbons (Fsp3) is 0.0588. The van der Waals surface area contributed by atoms with Crippen LogP contribution in [0.3, 0.4) is 0 Å². The lowest BCUT2D eigenvalue weighted by molar-refractivity contribution is 0.102. The number of pyridine rings is 1. The van der Waals surface area contributed by atoms with E-state index in [1.165, 1.54) is 0 Å². The predicted octanol–water partition coefficient (Wildman–Crippen LogP) is 4.15. The van der Waals surface area contributed by atoms with Crippen molar-refractivity contribution in [2.45, 2.75) is 0 Å². The molecule has 1 aromatic heterocycles. The fourth-order valence-corrected chi connectivity index (χ4v) is 2.39. The van der Waals surface area contributed by atoms with Gasteiger partial charge in [-0.1, -0.05) is 23.7 Å². The Balaban J connectivity index is 2.01. The SMILES string of the molecule is COc1cc(NC(=O)c2cccc(Cl)c2)c2ncccc2c1. The highest BCUT2D eigenvalue weighted by Gasteiger charge is 2.11. The number of fused-ring (bicyclic) bond motifs is 1. The van der Waals surface area contributed by atoms with E-state index in [4.69, 9.17) is 16.3 Å². The van der Waals surface area contributed by atoms with Crippen LogP contribution in [-0.2, 0) is 0 Å². The van der Waals surface area contributed by atoms with E-state index in [1.807, 2.05) is 18.2 Å². The molecular weight excluding hydrogens is 300 g/mol. The van der Waals surface area contributed by atoms with Gasteiger partial charge >= 0.3 is 0 Å². The number of hydrogen-bond donors (Lipinski definition) is 1. The molecule has 110 valence electrons. The fourth-order valence-electron chi connectivity index (χ4n) is 2.20. The molecule has 0 spiro atoms. The first-order valence-electron chi connectivity index (χ1n) is 6.67. The average molecular weight is 313 g/mol. The zero-order valence-corrected chi connectivity index (χ0v) is 12.6. The number of anilines is 1. The molecule has 4 nitrogen and oxygen atoms in total. The Morgan fingerprint density at radius 2 is 2.05 bits per heavy atom. The van der Waals surface area contributed by atoms with Crippen LogP contribution in [0.1, 0.15) is 10.4 Å². The monoisotopic (exact) mass is 312 g/mol. The molecule has 2 aromatic carbocycles. The number of nitrogens with one attached hydrogen (secondary N) is 1. The lowest BCUT2D eigenvalue weighted by Gasteiger charge is -2.10. The highest BCUT2D eigenvalue weighted by Crippen LogP contribution is 2.28. The molecule has 0 aliphatic carbocycles. The molecule has 1 amide bonds. The van der Waals surface area contributed by atoms with Crippen molar-refractivity contribution in [1.29, 1.82) is 0 Å². The van der Waals surface area contributed by atoms with E-state index in [2.05, 4.69) is 10.3 Å². The number of aromatic nitrogens is 1. The Labute approximate surface area is 132 Å². The summed E-state index contributed by atoms with van der Waals surface area (Å²) in [5.41, 5.74) is 1.79. The number of amides is 1. The standard InChI is InChI=1S/C17H13ClN2O2/c1-22-14-9-11-5-3-7-19-16(11)15(10-14)20-17(21)12-4-2-6-13(18)8-12/h2-10H,1H3,(H,20,21). The van der Waals surface area contributed by atoms with E-state index in [1.54, 1.807) is 43.6 Å². The molecule has 0 unspecified atom stereocenters. The third-order valence-electron chi connectivity index (χ3n) is 3.25. The first-order chi connectivity index (χ1) is 10.7. The van der Waals surface area contributed by atoms with Gasteiger partial charge in [0.15, 0.2) is 0 Å². The minimum absolute atomic E-state index is 0.247. The molecule has 0 saturated heterocycles. The number of halogens is 1. The summed E-state index contributed by atoms with van der Waals surface area (Å²) in [4.78, 5) is 16.7. The normalized spacial score (nSPS) is 10.5. The molecular formula is C17H13ClN2O2. The van der Waals surface area contributed by atoms with Gasteiger partial charge in [-0.3, -0.25) is 9.78 Å². The summed E-state index contributed by atoms with van der Waals surface area (Å²) in [6.07, 6.45) is 1.68. The second-order valence-electron chi connectivity index (χ2n) is 4.71. The van der Waals surface area contributed by atoms with Gasteiger partial charge in [0, 0.05) is 28.2 Å². The van der Waals surface area contributed by atoms with Crippen LogP contribution in [0, 0.1) is 0 Å². The van der Waals surface area contributed by atoms with E-state index in [-0.39, 0.29) is 5.91 Å². The Hall–Kier alpha value is -2.59. The van der Waals surface area contributed by atoms with Crippen molar-refractivity contribution in [3.63, 3.8) is 0 Å². The number of hydrogen-bond acceptors (Lipinski definition) is 3. The maximum Gasteiger partial charge on any atom is 0.255 e. The van der Waals surface area contributed by atoms with Crippen molar-refractivity contribution in [2.24, 2.45) is 0 Å². The molecule has 0 saturated carbocycles. The molecule has 0 radical (unpaired) electrons. The third-order valence-corrected chi connectivity index (χ3v) is 3.48. The maximum atomic E-state index is 12.4. The van der Waals surface area contributed by atoms with Gasteiger partial charge in [-0.15, -0.1) is 0 Å². The van der Waals surface area contributed by atoms with Gasteiger partial charge in [0.05, 0.1) is 18.3 Å². The van der Waals surface area contributed by atoms with Crippen LogP contribution < -0.4 is 10.1 Å². The number of carbonyl (C=O) groups is 1. The average Bonchev–Trinajstić information content (AvgIpc) is 2.54. The van der Waals surface area contributed by atoms with Crippen LogP contribution in [0.2, 0.25) is 5.02 Å². The minimum Gasteiger partial charge on any atom is -0.497 e. The van der Waals surface area contributed by atoms with Crippen molar-refractivity contribution >= 4 is 34.1 Å². The molecule has 1 heterocycles. The summed E-state index contributed by atoms with van der Waals surface area (Å²) in [5.74, 6) is 0.407. The molecule has 0 fully saturated rings. The smallest absolute Gasteiger partial charge is 0.255 e. The Bertz CT molecular complexity index is 849.